The zero-order valence-corrected chi connectivity index (χ0v) is 18.8. The highest BCUT2D eigenvalue weighted by Crippen LogP contribution is 2.66. The van der Waals surface area contributed by atoms with Gasteiger partial charge in [-0.15, -0.1) is 0 Å². The number of rotatable bonds is 6. The van der Waals surface area contributed by atoms with Crippen LogP contribution in [0, 0.1) is 17.8 Å². The van der Waals surface area contributed by atoms with E-state index < -0.39 is 5.97 Å². The summed E-state index contributed by atoms with van der Waals surface area (Å²) in [6, 6.07) is 14.8. The van der Waals surface area contributed by atoms with E-state index in [0.29, 0.717) is 27.9 Å². The highest BCUT2D eigenvalue weighted by Gasteiger charge is 2.58. The molecule has 0 amide bonds. The third kappa shape index (κ3) is 3.53. The van der Waals surface area contributed by atoms with E-state index in [1.807, 2.05) is 6.07 Å². The van der Waals surface area contributed by atoms with Crippen molar-refractivity contribution in [1.82, 2.24) is 9.97 Å². The molecule has 2 atom stereocenters. The quantitative estimate of drug-likeness (QED) is 0.395. The average molecular weight is 461 g/mol. The van der Waals surface area contributed by atoms with Crippen molar-refractivity contribution in [3.05, 3.63) is 70.9 Å². The van der Waals surface area contributed by atoms with Crippen LogP contribution >= 0.6 is 11.6 Å². The highest BCUT2D eigenvalue weighted by atomic mass is 35.5. The molecule has 0 radical (unpaired) electrons. The van der Waals surface area contributed by atoms with Gasteiger partial charge in [-0.05, 0) is 91.2 Å². The third-order valence-corrected chi connectivity index (χ3v) is 8.17. The number of nitrogens with zero attached hydrogens (tertiary/aromatic N) is 2. The van der Waals surface area contributed by atoms with Crippen molar-refractivity contribution in [3.8, 4) is 0 Å². The number of benzene rings is 2. The Bertz CT molecular complexity index is 1230. The van der Waals surface area contributed by atoms with E-state index in [0.717, 1.165) is 23.4 Å². The lowest BCUT2D eigenvalue weighted by molar-refractivity contribution is 0.0698. The number of carbonyl (C=O) groups is 1. The first kappa shape index (κ1) is 20.5. The summed E-state index contributed by atoms with van der Waals surface area (Å²) in [7, 11) is 0. The number of para-hydroxylation sites is 1. The molecule has 3 N–H and O–H groups in total. The SMILES string of the molecule is O=C(O)c1ccccc1Nc1ccnc(Nc2ccc(C34CC5CC(CC3C5)C4)cc2Cl)n1. The van der Waals surface area contributed by atoms with Crippen LogP contribution in [0.5, 0.6) is 0 Å². The fraction of sp³-hybridized carbons (Fsp3) is 0.346. The smallest absolute Gasteiger partial charge is 0.337 e. The zero-order valence-electron chi connectivity index (χ0n) is 18.1. The molecule has 0 spiro atoms. The van der Waals surface area contributed by atoms with Crippen LogP contribution in [0.2, 0.25) is 5.02 Å². The molecular weight excluding hydrogens is 436 g/mol. The molecule has 1 aromatic heterocycles. The molecule has 2 unspecified atom stereocenters. The molecule has 7 rings (SSSR count). The lowest BCUT2D eigenvalue weighted by Gasteiger charge is -2.33. The minimum absolute atomic E-state index is 0.179. The number of hydrogen-bond acceptors (Lipinski definition) is 5. The number of halogens is 1. The molecule has 33 heavy (non-hydrogen) atoms. The predicted octanol–water partition coefficient (Wildman–Crippen LogP) is 6.39. The molecule has 4 bridgehead atoms. The maximum atomic E-state index is 11.5. The van der Waals surface area contributed by atoms with Crippen LogP contribution in [0.4, 0.5) is 23.1 Å². The van der Waals surface area contributed by atoms with Crippen LogP contribution in [0.3, 0.4) is 0 Å². The van der Waals surface area contributed by atoms with Crippen molar-refractivity contribution in [2.24, 2.45) is 17.8 Å². The van der Waals surface area contributed by atoms with E-state index in [1.54, 1.807) is 36.5 Å². The van der Waals surface area contributed by atoms with Gasteiger partial charge in [-0.25, -0.2) is 9.78 Å². The molecule has 2 aromatic carbocycles. The first-order chi connectivity index (χ1) is 16.0. The van der Waals surface area contributed by atoms with E-state index in [2.05, 4.69) is 32.7 Å². The minimum atomic E-state index is -0.999. The van der Waals surface area contributed by atoms with Crippen molar-refractivity contribution in [1.29, 1.82) is 0 Å². The number of aromatic carboxylic acids is 1. The Morgan fingerprint density at radius 2 is 1.79 bits per heavy atom. The van der Waals surface area contributed by atoms with Gasteiger partial charge in [-0.2, -0.15) is 4.98 Å². The van der Waals surface area contributed by atoms with Crippen molar-refractivity contribution >= 4 is 40.7 Å². The third-order valence-electron chi connectivity index (χ3n) is 7.86. The van der Waals surface area contributed by atoms with E-state index >= 15 is 0 Å². The van der Waals surface area contributed by atoms with Gasteiger partial charge in [0, 0.05) is 6.20 Å². The Balaban J connectivity index is 1.22. The predicted molar refractivity (Wildman–Crippen MR) is 129 cm³/mol. The minimum Gasteiger partial charge on any atom is -0.478 e. The largest absolute Gasteiger partial charge is 0.478 e. The first-order valence-electron chi connectivity index (χ1n) is 11.5. The Morgan fingerprint density at radius 1 is 1.00 bits per heavy atom. The summed E-state index contributed by atoms with van der Waals surface area (Å²) in [4.78, 5) is 20.3. The molecule has 0 aliphatic heterocycles. The normalized spacial score (nSPS) is 27.0. The Labute approximate surface area is 197 Å². The van der Waals surface area contributed by atoms with Crippen molar-refractivity contribution < 1.29 is 9.90 Å². The molecule has 168 valence electrons. The van der Waals surface area contributed by atoms with Gasteiger partial charge in [0.15, 0.2) is 0 Å². The molecule has 4 aliphatic carbocycles. The maximum Gasteiger partial charge on any atom is 0.337 e. The summed E-state index contributed by atoms with van der Waals surface area (Å²) in [5.41, 5.74) is 3.12. The number of carboxylic acids is 1. The van der Waals surface area contributed by atoms with Crippen LogP contribution < -0.4 is 10.6 Å². The molecule has 1 heterocycles. The van der Waals surface area contributed by atoms with Gasteiger partial charge in [-0.1, -0.05) is 29.8 Å². The van der Waals surface area contributed by atoms with Gasteiger partial charge in [0.1, 0.15) is 5.82 Å². The lowest BCUT2D eigenvalue weighted by Crippen LogP contribution is -2.27. The number of anilines is 4. The van der Waals surface area contributed by atoms with E-state index in [1.165, 1.54) is 37.7 Å². The van der Waals surface area contributed by atoms with Gasteiger partial charge in [0.05, 0.1) is 22.0 Å². The number of carboxylic acid groups (broad SMARTS) is 1. The van der Waals surface area contributed by atoms with Gasteiger partial charge >= 0.3 is 5.97 Å². The monoisotopic (exact) mass is 460 g/mol. The van der Waals surface area contributed by atoms with Crippen molar-refractivity contribution in [2.75, 3.05) is 10.6 Å². The molecular formula is C26H25ClN4O2. The van der Waals surface area contributed by atoms with Crippen LogP contribution in [0.1, 0.15) is 48.0 Å². The first-order valence-corrected chi connectivity index (χ1v) is 11.9. The van der Waals surface area contributed by atoms with Gasteiger partial charge in [0.2, 0.25) is 5.95 Å². The summed E-state index contributed by atoms with van der Waals surface area (Å²) < 4.78 is 0. The lowest BCUT2D eigenvalue weighted by atomic mass is 9.71. The standard InChI is InChI=1S/C26H25ClN4O2/c27-20-12-17(26-13-15-9-16(14-26)11-18(26)10-15)5-6-22(20)30-25-28-8-7-23(31-25)29-21-4-2-1-3-19(21)24(32)33/h1-8,12,15-16,18H,9-11,13-14H2,(H,32,33)(H2,28,29,30,31). The molecule has 7 heteroatoms. The van der Waals surface area contributed by atoms with Crippen molar-refractivity contribution in [3.63, 3.8) is 0 Å². The number of nitrogens with one attached hydrogen (secondary N) is 2. The van der Waals surface area contributed by atoms with Crippen LogP contribution in [-0.4, -0.2) is 21.0 Å². The summed E-state index contributed by atoms with van der Waals surface area (Å²) in [6.07, 6.45) is 8.43. The Hall–Kier alpha value is -3.12. The Morgan fingerprint density at radius 3 is 2.55 bits per heavy atom. The summed E-state index contributed by atoms with van der Waals surface area (Å²) in [5, 5.41) is 16.4. The highest BCUT2D eigenvalue weighted by molar-refractivity contribution is 6.33. The van der Waals surface area contributed by atoms with E-state index in [4.69, 9.17) is 11.6 Å². The van der Waals surface area contributed by atoms with Gasteiger partial charge in [0.25, 0.3) is 0 Å². The molecule has 3 aromatic rings. The number of hydrogen-bond donors (Lipinski definition) is 3. The molecule has 0 saturated heterocycles. The van der Waals surface area contributed by atoms with E-state index in [9.17, 15) is 9.90 Å². The van der Waals surface area contributed by atoms with Crippen LogP contribution in [0.25, 0.3) is 0 Å². The zero-order chi connectivity index (χ0) is 22.6. The van der Waals surface area contributed by atoms with Crippen LogP contribution in [0.15, 0.2) is 54.7 Å². The molecule has 4 aliphatic rings. The number of aromatic nitrogens is 2. The second-order valence-electron chi connectivity index (χ2n) is 9.76. The molecule has 4 saturated carbocycles. The van der Waals surface area contributed by atoms with Gasteiger partial charge in [-0.3, -0.25) is 0 Å². The Kier molecular flexibility index (Phi) is 4.80. The average Bonchev–Trinajstić information content (AvgIpc) is 3.20. The topological polar surface area (TPSA) is 87.1 Å². The maximum absolute atomic E-state index is 11.5. The fourth-order valence-corrected chi connectivity index (χ4v) is 6.95. The van der Waals surface area contributed by atoms with E-state index in [-0.39, 0.29) is 5.56 Å². The molecule has 6 nitrogen and oxygen atoms in total. The molecule has 4 fully saturated rings. The van der Waals surface area contributed by atoms with Gasteiger partial charge < -0.3 is 15.7 Å². The van der Waals surface area contributed by atoms with Crippen molar-refractivity contribution in [2.45, 2.75) is 37.5 Å². The summed E-state index contributed by atoms with van der Waals surface area (Å²) >= 11 is 6.72. The summed E-state index contributed by atoms with van der Waals surface area (Å²) in [5.74, 6) is 2.49. The summed E-state index contributed by atoms with van der Waals surface area (Å²) in [6.45, 7) is 0. The fourth-order valence-electron chi connectivity index (χ4n) is 6.72. The van der Waals surface area contributed by atoms with Crippen LogP contribution in [-0.2, 0) is 5.41 Å². The second kappa shape index (κ2) is 7.73. The second-order valence-corrected chi connectivity index (χ2v) is 10.2.